The number of piperazine rings is 1. The summed E-state index contributed by atoms with van der Waals surface area (Å²) in [4.78, 5) is 23.4. The van der Waals surface area contributed by atoms with Crippen LogP contribution in [0.4, 0.5) is 5.82 Å². The summed E-state index contributed by atoms with van der Waals surface area (Å²) in [7, 11) is 0. The maximum atomic E-state index is 10.9. The highest BCUT2D eigenvalue weighted by molar-refractivity contribution is 5.72. The van der Waals surface area contributed by atoms with E-state index in [1.807, 2.05) is 17.9 Å². The number of carbonyl (C=O) groups is 1. The molecule has 18 heavy (non-hydrogen) atoms. The average Bonchev–Trinajstić information content (AvgIpc) is 2.38. The molecule has 1 aromatic heterocycles. The van der Waals surface area contributed by atoms with Gasteiger partial charge in [-0.25, -0.2) is 9.97 Å². The number of aryl methyl sites for hydroxylation is 1. The molecule has 0 saturated carbocycles. The van der Waals surface area contributed by atoms with Gasteiger partial charge in [0.2, 0.25) is 0 Å². The maximum absolute atomic E-state index is 10.9. The van der Waals surface area contributed by atoms with Gasteiger partial charge in [0.25, 0.3) is 0 Å². The molecule has 0 aliphatic carbocycles. The molecule has 1 fully saturated rings. The molecule has 1 aromatic rings. The van der Waals surface area contributed by atoms with Crippen LogP contribution < -0.4 is 4.90 Å². The molecule has 0 aromatic carbocycles. The SMILES string of the molecule is Cc1cc(N2CCN(C(C)C(=O)O)CC2)ncn1. The highest BCUT2D eigenvalue weighted by atomic mass is 16.4. The highest BCUT2D eigenvalue weighted by Crippen LogP contribution is 2.14. The van der Waals surface area contributed by atoms with E-state index in [-0.39, 0.29) is 0 Å². The molecule has 1 N–H and O–H groups in total. The zero-order chi connectivity index (χ0) is 13.1. The summed E-state index contributed by atoms with van der Waals surface area (Å²) in [6.45, 7) is 6.76. The zero-order valence-corrected chi connectivity index (χ0v) is 10.7. The van der Waals surface area contributed by atoms with E-state index in [0.717, 1.165) is 37.7 Å². The summed E-state index contributed by atoms with van der Waals surface area (Å²) in [5.74, 6) is 0.159. The monoisotopic (exact) mass is 250 g/mol. The molecule has 6 nitrogen and oxygen atoms in total. The second-order valence-electron chi connectivity index (χ2n) is 4.55. The van der Waals surface area contributed by atoms with Gasteiger partial charge in [-0.15, -0.1) is 0 Å². The van der Waals surface area contributed by atoms with Gasteiger partial charge in [-0.05, 0) is 13.8 Å². The Labute approximate surface area is 106 Å². The van der Waals surface area contributed by atoms with Crippen molar-refractivity contribution in [1.82, 2.24) is 14.9 Å². The molecule has 98 valence electrons. The fourth-order valence-electron chi connectivity index (χ4n) is 2.11. The number of nitrogens with zero attached hydrogens (tertiary/aromatic N) is 4. The van der Waals surface area contributed by atoms with Crippen molar-refractivity contribution < 1.29 is 9.90 Å². The van der Waals surface area contributed by atoms with Gasteiger partial charge < -0.3 is 10.0 Å². The maximum Gasteiger partial charge on any atom is 0.320 e. The third-order valence-corrected chi connectivity index (χ3v) is 3.33. The van der Waals surface area contributed by atoms with Crippen LogP contribution in [0.2, 0.25) is 0 Å². The summed E-state index contributed by atoms with van der Waals surface area (Å²) >= 11 is 0. The lowest BCUT2D eigenvalue weighted by Crippen LogP contribution is -2.52. The van der Waals surface area contributed by atoms with Crippen molar-refractivity contribution in [2.24, 2.45) is 0 Å². The Morgan fingerprint density at radius 1 is 1.33 bits per heavy atom. The Kier molecular flexibility index (Phi) is 3.76. The Bertz CT molecular complexity index is 430. The van der Waals surface area contributed by atoms with Crippen LogP contribution in [-0.4, -0.2) is 58.2 Å². The molecular formula is C12H18N4O2. The summed E-state index contributed by atoms with van der Waals surface area (Å²) in [5, 5.41) is 8.98. The first-order valence-electron chi connectivity index (χ1n) is 6.08. The quantitative estimate of drug-likeness (QED) is 0.836. The molecule has 0 radical (unpaired) electrons. The molecule has 1 unspecified atom stereocenters. The lowest BCUT2D eigenvalue weighted by atomic mass is 10.2. The molecule has 0 spiro atoms. The van der Waals surface area contributed by atoms with E-state index >= 15 is 0 Å². The van der Waals surface area contributed by atoms with Gasteiger partial charge in [0.1, 0.15) is 18.2 Å². The fraction of sp³-hybridized carbons (Fsp3) is 0.583. The van der Waals surface area contributed by atoms with Crippen LogP contribution in [0.1, 0.15) is 12.6 Å². The minimum Gasteiger partial charge on any atom is -0.480 e. The van der Waals surface area contributed by atoms with Gasteiger partial charge in [-0.2, -0.15) is 0 Å². The van der Waals surface area contributed by atoms with E-state index in [1.165, 1.54) is 0 Å². The molecular weight excluding hydrogens is 232 g/mol. The number of aromatic nitrogens is 2. The Morgan fingerprint density at radius 3 is 2.56 bits per heavy atom. The summed E-state index contributed by atoms with van der Waals surface area (Å²) in [6, 6.07) is 1.54. The Balaban J connectivity index is 1.96. The van der Waals surface area contributed by atoms with Crippen LogP contribution in [0.3, 0.4) is 0 Å². The van der Waals surface area contributed by atoms with Crippen LogP contribution in [0.15, 0.2) is 12.4 Å². The van der Waals surface area contributed by atoms with Crippen LogP contribution in [0, 0.1) is 6.92 Å². The van der Waals surface area contributed by atoms with Crippen molar-refractivity contribution in [1.29, 1.82) is 0 Å². The number of hydrogen-bond donors (Lipinski definition) is 1. The summed E-state index contributed by atoms with van der Waals surface area (Å²) in [5.41, 5.74) is 0.946. The molecule has 1 atom stereocenters. The van der Waals surface area contributed by atoms with Gasteiger partial charge >= 0.3 is 5.97 Å². The van der Waals surface area contributed by atoms with Crippen LogP contribution >= 0.6 is 0 Å². The smallest absolute Gasteiger partial charge is 0.320 e. The van der Waals surface area contributed by atoms with Crippen molar-refractivity contribution in [3.05, 3.63) is 18.1 Å². The van der Waals surface area contributed by atoms with Crippen molar-refractivity contribution >= 4 is 11.8 Å². The van der Waals surface area contributed by atoms with E-state index in [2.05, 4.69) is 14.9 Å². The van der Waals surface area contributed by atoms with Crippen molar-refractivity contribution in [2.45, 2.75) is 19.9 Å². The van der Waals surface area contributed by atoms with Crippen LogP contribution in [0.5, 0.6) is 0 Å². The number of carboxylic acids is 1. The van der Waals surface area contributed by atoms with Gasteiger partial charge in [0.05, 0.1) is 0 Å². The van der Waals surface area contributed by atoms with Crippen molar-refractivity contribution in [2.75, 3.05) is 31.1 Å². The number of carboxylic acid groups (broad SMARTS) is 1. The molecule has 0 bridgehead atoms. The molecule has 2 rings (SSSR count). The van der Waals surface area contributed by atoms with E-state index < -0.39 is 12.0 Å². The second kappa shape index (κ2) is 5.30. The fourth-order valence-corrected chi connectivity index (χ4v) is 2.11. The predicted octanol–water partition coefficient (Wildman–Crippen LogP) is 0.380. The second-order valence-corrected chi connectivity index (χ2v) is 4.55. The highest BCUT2D eigenvalue weighted by Gasteiger charge is 2.25. The number of rotatable bonds is 3. The lowest BCUT2D eigenvalue weighted by molar-refractivity contribution is -0.142. The summed E-state index contributed by atoms with van der Waals surface area (Å²) in [6.07, 6.45) is 1.57. The normalized spacial score (nSPS) is 18.7. The topological polar surface area (TPSA) is 69.6 Å². The molecule has 2 heterocycles. The van der Waals surface area contributed by atoms with Gasteiger partial charge in [-0.3, -0.25) is 9.69 Å². The van der Waals surface area contributed by atoms with E-state index in [0.29, 0.717) is 0 Å². The standard InChI is InChI=1S/C12H18N4O2/c1-9-7-11(14-8-13-9)16-5-3-15(4-6-16)10(2)12(17)18/h7-8,10H,3-6H2,1-2H3,(H,17,18). The third kappa shape index (κ3) is 2.76. The molecule has 1 saturated heterocycles. The van der Waals surface area contributed by atoms with E-state index in [9.17, 15) is 4.79 Å². The minimum absolute atomic E-state index is 0.417. The Morgan fingerprint density at radius 2 is 2.00 bits per heavy atom. The summed E-state index contributed by atoms with van der Waals surface area (Å²) < 4.78 is 0. The molecule has 6 heteroatoms. The average molecular weight is 250 g/mol. The van der Waals surface area contributed by atoms with Crippen molar-refractivity contribution in [3.63, 3.8) is 0 Å². The van der Waals surface area contributed by atoms with Crippen LogP contribution in [0.25, 0.3) is 0 Å². The Hall–Kier alpha value is -1.69. The minimum atomic E-state index is -0.763. The molecule has 0 amide bonds. The zero-order valence-electron chi connectivity index (χ0n) is 10.7. The number of anilines is 1. The number of aliphatic carboxylic acids is 1. The lowest BCUT2D eigenvalue weighted by Gasteiger charge is -2.37. The van der Waals surface area contributed by atoms with Gasteiger partial charge in [-0.1, -0.05) is 0 Å². The first kappa shape index (κ1) is 12.8. The first-order chi connectivity index (χ1) is 8.58. The van der Waals surface area contributed by atoms with E-state index in [4.69, 9.17) is 5.11 Å². The molecule has 1 aliphatic heterocycles. The molecule has 1 aliphatic rings. The van der Waals surface area contributed by atoms with Gasteiger partial charge in [0, 0.05) is 37.9 Å². The van der Waals surface area contributed by atoms with Crippen LogP contribution in [-0.2, 0) is 4.79 Å². The largest absolute Gasteiger partial charge is 0.480 e. The third-order valence-electron chi connectivity index (χ3n) is 3.33. The van der Waals surface area contributed by atoms with Crippen molar-refractivity contribution in [3.8, 4) is 0 Å². The predicted molar refractivity (Wildman–Crippen MR) is 67.7 cm³/mol. The number of hydrogen-bond acceptors (Lipinski definition) is 5. The first-order valence-corrected chi connectivity index (χ1v) is 6.08. The van der Waals surface area contributed by atoms with Gasteiger partial charge in [0.15, 0.2) is 0 Å². The van der Waals surface area contributed by atoms with E-state index in [1.54, 1.807) is 13.3 Å².